The van der Waals surface area contributed by atoms with Crippen molar-refractivity contribution in [1.29, 1.82) is 26.3 Å². The fraction of sp³-hybridized carbons (Fsp3) is 0. The third-order valence-corrected chi connectivity index (χ3v) is 21.2. The second-order valence-corrected chi connectivity index (χ2v) is 29.4. The highest BCUT2D eigenvalue weighted by Gasteiger charge is 2.23. The van der Waals surface area contributed by atoms with Gasteiger partial charge in [-0.3, -0.25) is 0 Å². The van der Waals surface area contributed by atoms with Crippen molar-refractivity contribution in [2.45, 2.75) is 0 Å². The number of benzene rings is 10. The highest BCUT2D eigenvalue weighted by atomic mass is 32.1. The molecule has 0 atom stereocenters. The van der Waals surface area contributed by atoms with E-state index >= 15 is 0 Å². The van der Waals surface area contributed by atoms with E-state index in [2.05, 4.69) is 51.3 Å². The predicted octanol–water partition coefficient (Wildman–Crippen LogP) is 19.6. The van der Waals surface area contributed by atoms with Crippen LogP contribution < -0.4 is 0 Å². The molecule has 602 valence electrons. The van der Waals surface area contributed by atoms with E-state index in [1.807, 2.05) is 212 Å². The first kappa shape index (κ1) is 83.3. The third-order valence-electron chi connectivity index (χ3n) is 18.1. The summed E-state index contributed by atoms with van der Waals surface area (Å²) in [6, 6.07) is 87.6. The maximum atomic E-state index is 11.0. The van der Waals surface area contributed by atoms with Gasteiger partial charge in [-0.2, -0.15) is 36.3 Å². The number of nitriles is 5. The summed E-state index contributed by atoms with van der Waals surface area (Å²) in [6.07, 6.45) is 6.19. The lowest BCUT2D eigenvalue weighted by atomic mass is 10.0. The first-order valence-electron chi connectivity index (χ1n) is 36.5. The largest absolute Gasteiger partial charge is 0.477 e. The van der Waals surface area contributed by atoms with Crippen molar-refractivity contribution in [3.05, 3.63) is 303 Å². The van der Waals surface area contributed by atoms with Crippen molar-refractivity contribution in [2.24, 2.45) is 0 Å². The van der Waals surface area contributed by atoms with E-state index in [1.165, 1.54) is 52.2 Å². The lowest BCUT2D eigenvalue weighted by Crippen LogP contribution is -1.97. The molecule has 0 aliphatic heterocycles. The van der Waals surface area contributed by atoms with Gasteiger partial charge in [-0.05, 0) is 167 Å². The Balaban J connectivity index is 0.000000127. The fourth-order valence-electron chi connectivity index (χ4n) is 12.1. The first-order valence-corrected chi connectivity index (χ1v) is 38.9. The maximum absolute atomic E-state index is 11.0. The number of carboxylic acids is 5. The zero-order chi connectivity index (χ0) is 87.5. The number of carbonyl (C=O) groups is 5. The van der Waals surface area contributed by atoms with Crippen LogP contribution in [0.25, 0.3) is 173 Å². The Morgan fingerprint density at radius 1 is 0.304 bits per heavy atom. The lowest BCUT2D eigenvalue weighted by Gasteiger charge is -2.01. The Bertz CT molecular complexity index is 7430. The second kappa shape index (κ2) is 38.5. The summed E-state index contributed by atoms with van der Waals surface area (Å²) < 4.78 is 26.0. The Labute approximate surface area is 715 Å². The quantitative estimate of drug-likeness (QED) is 0.0393. The molecule has 33 heteroatoms. The molecule has 8 aromatic heterocycles. The van der Waals surface area contributed by atoms with Gasteiger partial charge in [0.2, 0.25) is 5.82 Å². The average Bonchev–Trinajstić information content (AvgIpc) is 1.71. The van der Waals surface area contributed by atoms with Crippen molar-refractivity contribution in [3.63, 3.8) is 0 Å². The molecule has 0 saturated heterocycles. The summed E-state index contributed by atoms with van der Waals surface area (Å²) >= 11 is 3.90. The van der Waals surface area contributed by atoms with Crippen LogP contribution in [-0.4, -0.2) is 107 Å². The van der Waals surface area contributed by atoms with E-state index in [0.29, 0.717) is 60.5 Å². The molecule has 30 nitrogen and oxygen atoms in total. The van der Waals surface area contributed by atoms with Crippen LogP contribution in [0, 0.1) is 56.7 Å². The van der Waals surface area contributed by atoms with E-state index in [4.69, 9.17) is 74.6 Å². The van der Waals surface area contributed by atoms with E-state index in [0.717, 1.165) is 103 Å². The molecule has 10 aromatic carbocycles. The third kappa shape index (κ3) is 20.0. The van der Waals surface area contributed by atoms with Gasteiger partial charge >= 0.3 is 29.8 Å². The van der Waals surface area contributed by atoms with Crippen molar-refractivity contribution < 1.29 is 72.2 Å². The van der Waals surface area contributed by atoms with Crippen LogP contribution >= 0.6 is 34.0 Å². The molecule has 0 spiro atoms. The molecule has 18 rings (SSSR count). The van der Waals surface area contributed by atoms with Crippen LogP contribution in [0.4, 0.5) is 0 Å². The zero-order valence-electron chi connectivity index (χ0n) is 63.8. The summed E-state index contributed by atoms with van der Waals surface area (Å²) in [6.45, 7) is 0. The second-order valence-electron chi connectivity index (χ2n) is 26.1. The number of aromatic nitrogens is 10. The molecule has 125 heavy (non-hydrogen) atoms. The molecule has 0 radical (unpaired) electrons. The van der Waals surface area contributed by atoms with Crippen molar-refractivity contribution in [3.8, 4) is 119 Å². The van der Waals surface area contributed by atoms with Gasteiger partial charge in [-0.15, -0.1) is 44.2 Å². The number of rotatable bonds is 18. The van der Waals surface area contributed by atoms with E-state index < -0.39 is 41.0 Å². The van der Waals surface area contributed by atoms with Gasteiger partial charge in [0.05, 0.1) is 14.6 Å². The van der Waals surface area contributed by atoms with Gasteiger partial charge < -0.3 is 43.6 Å². The van der Waals surface area contributed by atoms with Crippen LogP contribution in [0.1, 0.15) is 26.1 Å². The molecule has 0 bridgehead atoms. The maximum Gasteiger partial charge on any atom is 0.346 e. The number of carboxylic acid groups (broad SMARTS) is 5. The summed E-state index contributed by atoms with van der Waals surface area (Å²) in [5.74, 6) is -4.44. The molecule has 8 heterocycles. The average molecular weight is 1700 g/mol. The number of thiophene rings is 3. The highest BCUT2D eigenvalue weighted by Crippen LogP contribution is 2.39. The van der Waals surface area contributed by atoms with E-state index in [9.17, 15) is 24.0 Å². The lowest BCUT2D eigenvalue weighted by molar-refractivity contribution is -0.133. The van der Waals surface area contributed by atoms with Crippen molar-refractivity contribution in [1.82, 2.24) is 51.3 Å². The van der Waals surface area contributed by atoms with Gasteiger partial charge in [0.15, 0.2) is 28.7 Å². The van der Waals surface area contributed by atoms with Crippen LogP contribution in [0.2, 0.25) is 0 Å². The highest BCUT2D eigenvalue weighted by molar-refractivity contribution is 7.17. The topological polar surface area (TPSA) is 500 Å². The van der Waals surface area contributed by atoms with Gasteiger partial charge in [0.1, 0.15) is 69.6 Å². The number of hydrogen-bond donors (Lipinski definition) is 5. The Kier molecular flexibility index (Phi) is 25.6. The SMILES string of the molecule is N#C/C(=C/c1ccc(-c2nnoc2-c2ccc3ccccc3c2)s1)C(=O)O.N#C/C(=C/c1ccc(-c2noc(-c3ccc4ccccc4c3)n2)s1)C(=O)O.N#C/C(=C/c1ccc(-c2nonc2-c2ccc3ccccc3c2)s1)C(=O)O.N#C/C(=C/c1nnoc1-c1ccc2ccccc2c1)C(=O)O.N#C/C(=C/c1noc(-c2ccc3ccccc3c2)n1)C(=O)O. The smallest absolute Gasteiger partial charge is 0.346 e. The molecule has 0 aliphatic carbocycles. The van der Waals surface area contributed by atoms with E-state index in [-0.39, 0.29) is 34.1 Å². The van der Waals surface area contributed by atoms with Crippen molar-refractivity contribution in [2.75, 3.05) is 0 Å². The monoisotopic (exact) mass is 1700 g/mol. The zero-order valence-corrected chi connectivity index (χ0v) is 66.3. The molecule has 18 aromatic rings. The fourth-order valence-corrected chi connectivity index (χ4v) is 14.9. The van der Waals surface area contributed by atoms with Gasteiger partial charge in [0, 0.05) is 59.1 Å². The molecular formula is C92H51N15O15S3. The van der Waals surface area contributed by atoms with Crippen molar-refractivity contribution >= 4 is 148 Å². The Morgan fingerprint density at radius 2 is 0.640 bits per heavy atom. The van der Waals surface area contributed by atoms with Crippen LogP contribution in [0.3, 0.4) is 0 Å². The number of aliphatic carboxylic acids is 5. The molecule has 0 unspecified atom stereocenters. The molecule has 0 fully saturated rings. The summed E-state index contributed by atoms with van der Waals surface area (Å²) in [7, 11) is 0. The number of nitrogens with zero attached hydrogens (tertiary/aromatic N) is 15. The minimum Gasteiger partial charge on any atom is -0.477 e. The molecule has 5 N–H and O–H groups in total. The Morgan fingerprint density at radius 3 is 1.09 bits per heavy atom. The van der Waals surface area contributed by atoms with Crippen LogP contribution in [0.15, 0.2) is 299 Å². The summed E-state index contributed by atoms with van der Waals surface area (Å²) in [4.78, 5) is 67.3. The molecular weight excluding hydrogens is 1650 g/mol. The standard InChI is InChI=1S/3C20H11N3O3S.2C16H9N3O3/c21-11-15(20(24)25)10-16-7-8-17(27-16)18-22-19(26-23-18)14-6-5-12-3-1-2-4-13(12)9-14;21-11-15(20(24)25)10-16-7-8-17(27-16)18-19(26-23-22-18)14-6-5-12-3-1-2-4-13(12)9-14;21-11-15(20(24)25)10-16-7-8-17(27-16)19-18(22-26-23-19)14-6-5-12-3-1-2-4-13(12)9-14;17-9-13(16(20)21)8-14-18-15(22-19-14)12-6-5-10-3-1-2-4-11(10)7-12;17-9-13(16(20)21)8-14-15(22-19-18-14)12-6-5-10-3-1-2-4-11(10)7-12/h3*1-10H,(H,24,25);2*1-8H,(H,20,21)/b3*15-10-;2*13-8-. The minimum absolute atomic E-state index is 0.0436. The normalized spacial score (nSPS) is 11.4. The molecule has 0 aliphatic rings. The van der Waals surface area contributed by atoms with E-state index in [1.54, 1.807) is 66.7 Å². The molecule has 0 amide bonds. The minimum atomic E-state index is -1.33. The van der Waals surface area contributed by atoms with Crippen LogP contribution in [-0.2, 0) is 24.0 Å². The predicted molar refractivity (Wildman–Crippen MR) is 462 cm³/mol. The van der Waals surface area contributed by atoms with Gasteiger partial charge in [0.25, 0.3) is 11.8 Å². The molecule has 0 saturated carbocycles. The number of hydrogen-bond acceptors (Lipinski definition) is 28. The first-order chi connectivity index (χ1) is 60.8. The number of fused-ring (bicyclic) bond motifs is 5. The Hall–Kier alpha value is -18.2. The van der Waals surface area contributed by atoms with Gasteiger partial charge in [-0.1, -0.05) is 180 Å². The van der Waals surface area contributed by atoms with Crippen LogP contribution in [0.5, 0.6) is 0 Å². The summed E-state index contributed by atoms with van der Waals surface area (Å²) in [5.41, 5.74) is 4.07. The van der Waals surface area contributed by atoms with Gasteiger partial charge in [-0.25, -0.2) is 28.6 Å². The summed E-state index contributed by atoms with van der Waals surface area (Å²) in [5, 5.41) is 130.